The summed E-state index contributed by atoms with van der Waals surface area (Å²) in [7, 11) is 3.94. The number of hydrogen-bond acceptors (Lipinski definition) is 9. The number of hydrogen-bond donors (Lipinski definition) is 1. The monoisotopic (exact) mass is 609 g/mol. The van der Waals surface area contributed by atoms with Crippen molar-refractivity contribution in [1.29, 1.82) is 0 Å². The lowest BCUT2D eigenvalue weighted by molar-refractivity contribution is -0.129. The smallest absolute Gasteiger partial charge is 0.410 e. The molecule has 0 bridgehead atoms. The standard InChI is InChI=1S/C26H36BrN5O5S/c1-18(2)16-21(22(34)23-29-30-25(37-23)38-15-14-31(3)4)32(17-33)26(12-6-5-7-13-26)28-24(35)36-20-10-8-19(27)9-11-20/h8-11,17-18,21H,5-7,12-16H2,1-4H3,(H,28,35). The second-order valence-corrected chi connectivity index (χ2v) is 12.1. The van der Waals surface area contributed by atoms with E-state index >= 15 is 0 Å². The average Bonchev–Trinajstić information content (AvgIpc) is 3.34. The van der Waals surface area contributed by atoms with Crippen molar-refractivity contribution in [3.05, 3.63) is 34.6 Å². The van der Waals surface area contributed by atoms with Crippen LogP contribution in [0.4, 0.5) is 4.79 Å². The summed E-state index contributed by atoms with van der Waals surface area (Å²) in [6.45, 7) is 4.76. The Morgan fingerprint density at radius 1 is 1.18 bits per heavy atom. The van der Waals surface area contributed by atoms with Crippen LogP contribution in [0.5, 0.6) is 5.75 Å². The van der Waals surface area contributed by atoms with Crippen LogP contribution < -0.4 is 10.1 Å². The maximum absolute atomic E-state index is 13.7. The Kier molecular flexibility index (Phi) is 11.2. The topological polar surface area (TPSA) is 118 Å². The molecular formula is C26H36BrN5O5S. The minimum absolute atomic E-state index is 0.0821. The van der Waals surface area contributed by atoms with E-state index in [2.05, 4.69) is 31.4 Å². The van der Waals surface area contributed by atoms with Gasteiger partial charge in [-0.25, -0.2) is 4.79 Å². The number of aromatic nitrogens is 2. The van der Waals surface area contributed by atoms with E-state index in [1.807, 2.05) is 32.8 Å². The van der Waals surface area contributed by atoms with Gasteiger partial charge in [-0.3, -0.25) is 14.9 Å². The first-order valence-corrected chi connectivity index (χ1v) is 14.6. The quantitative estimate of drug-likeness (QED) is 0.145. The van der Waals surface area contributed by atoms with Crippen molar-refractivity contribution in [2.45, 2.75) is 69.3 Å². The summed E-state index contributed by atoms with van der Waals surface area (Å²) in [6.07, 6.45) is 3.88. The van der Waals surface area contributed by atoms with Crippen LogP contribution in [0.3, 0.4) is 0 Å². The number of carbonyl (C=O) groups is 3. The zero-order chi connectivity index (χ0) is 27.7. The number of amides is 2. The van der Waals surface area contributed by atoms with Gasteiger partial charge in [0.15, 0.2) is 0 Å². The van der Waals surface area contributed by atoms with Gasteiger partial charge in [-0.05, 0) is 76.4 Å². The molecule has 1 aromatic carbocycles. The molecule has 1 saturated carbocycles. The van der Waals surface area contributed by atoms with Gasteiger partial charge in [0.2, 0.25) is 12.2 Å². The maximum Gasteiger partial charge on any atom is 0.414 e. The van der Waals surface area contributed by atoms with Crippen LogP contribution in [0, 0.1) is 5.92 Å². The summed E-state index contributed by atoms with van der Waals surface area (Å²) in [5.41, 5.74) is -1.08. The first-order chi connectivity index (χ1) is 18.1. The number of nitrogens with one attached hydrogen (secondary N) is 1. The highest BCUT2D eigenvalue weighted by Crippen LogP contribution is 2.35. The number of rotatable bonds is 13. The van der Waals surface area contributed by atoms with E-state index in [9.17, 15) is 14.4 Å². The van der Waals surface area contributed by atoms with Crippen molar-refractivity contribution >= 4 is 46.0 Å². The molecule has 3 rings (SSSR count). The first kappa shape index (κ1) is 30.1. The Balaban J connectivity index is 1.84. The van der Waals surface area contributed by atoms with Crippen LogP contribution in [0.25, 0.3) is 0 Å². The largest absolute Gasteiger partial charge is 0.414 e. The Morgan fingerprint density at radius 3 is 2.47 bits per heavy atom. The number of Topliss-reactive ketones (excluding diaryl/α,β-unsaturated/α-hetero) is 1. The molecule has 0 spiro atoms. The summed E-state index contributed by atoms with van der Waals surface area (Å²) >= 11 is 4.73. The van der Waals surface area contributed by atoms with Gasteiger partial charge in [0, 0.05) is 16.8 Å². The van der Waals surface area contributed by atoms with Gasteiger partial charge in [-0.1, -0.05) is 48.0 Å². The highest BCUT2D eigenvalue weighted by Gasteiger charge is 2.46. The zero-order valence-corrected chi connectivity index (χ0v) is 24.7. The van der Waals surface area contributed by atoms with Crippen LogP contribution in [0.1, 0.15) is 63.1 Å². The lowest BCUT2D eigenvalue weighted by Crippen LogP contribution is -2.65. The Labute approximate surface area is 236 Å². The molecule has 1 heterocycles. The SMILES string of the molecule is CC(C)CC(C(=O)c1nnc(SCCN(C)C)o1)N(C=O)C1(NC(=O)Oc2ccc(Br)cc2)CCCCC1. The molecule has 12 heteroatoms. The molecule has 1 aliphatic carbocycles. The van der Waals surface area contributed by atoms with Gasteiger partial charge in [0.25, 0.3) is 11.1 Å². The molecule has 0 radical (unpaired) electrons. The highest BCUT2D eigenvalue weighted by molar-refractivity contribution is 9.10. The summed E-state index contributed by atoms with van der Waals surface area (Å²) in [5.74, 6) is 0.601. The lowest BCUT2D eigenvalue weighted by atomic mass is 9.85. The zero-order valence-electron chi connectivity index (χ0n) is 22.3. The van der Waals surface area contributed by atoms with Crippen molar-refractivity contribution in [3.63, 3.8) is 0 Å². The number of ketones is 1. The van der Waals surface area contributed by atoms with E-state index in [1.165, 1.54) is 16.7 Å². The van der Waals surface area contributed by atoms with E-state index in [4.69, 9.17) is 9.15 Å². The summed E-state index contributed by atoms with van der Waals surface area (Å²) in [4.78, 5) is 42.9. The molecule has 1 fully saturated rings. The van der Waals surface area contributed by atoms with E-state index in [-0.39, 0.29) is 11.8 Å². The van der Waals surface area contributed by atoms with Crippen molar-refractivity contribution < 1.29 is 23.5 Å². The summed E-state index contributed by atoms with van der Waals surface area (Å²) in [5, 5.41) is 11.3. The van der Waals surface area contributed by atoms with Gasteiger partial charge >= 0.3 is 6.09 Å². The molecule has 10 nitrogen and oxygen atoms in total. The number of carbonyl (C=O) groups excluding carboxylic acids is 3. The Bertz CT molecular complexity index is 1070. The third kappa shape index (κ3) is 8.28. The van der Waals surface area contributed by atoms with Crippen LogP contribution in [-0.4, -0.2) is 76.4 Å². The van der Waals surface area contributed by atoms with Crippen molar-refractivity contribution in [2.24, 2.45) is 5.92 Å². The normalized spacial score (nSPS) is 15.8. The maximum atomic E-state index is 13.7. The number of thioether (sulfide) groups is 1. The Hall–Kier alpha value is -2.44. The highest BCUT2D eigenvalue weighted by atomic mass is 79.9. The summed E-state index contributed by atoms with van der Waals surface area (Å²) < 4.78 is 12.1. The fourth-order valence-electron chi connectivity index (χ4n) is 4.50. The molecule has 1 aromatic heterocycles. The molecule has 2 amide bonds. The first-order valence-electron chi connectivity index (χ1n) is 12.8. The van der Waals surface area contributed by atoms with E-state index in [1.54, 1.807) is 24.3 Å². The minimum Gasteiger partial charge on any atom is -0.410 e. The van der Waals surface area contributed by atoms with E-state index in [0.29, 0.717) is 36.6 Å². The van der Waals surface area contributed by atoms with Crippen molar-refractivity contribution in [1.82, 2.24) is 25.3 Å². The van der Waals surface area contributed by atoms with Gasteiger partial charge in [0.1, 0.15) is 17.5 Å². The predicted octanol–water partition coefficient (Wildman–Crippen LogP) is 4.99. The van der Waals surface area contributed by atoms with Crippen molar-refractivity contribution in [3.8, 4) is 5.75 Å². The number of benzene rings is 1. The summed E-state index contributed by atoms with van der Waals surface area (Å²) in [6, 6.07) is 5.99. The van der Waals surface area contributed by atoms with E-state index < -0.39 is 23.6 Å². The fourth-order valence-corrected chi connectivity index (χ4v) is 5.63. The number of ether oxygens (including phenoxy) is 1. The molecule has 1 unspecified atom stereocenters. The number of halogens is 1. The predicted molar refractivity (Wildman–Crippen MR) is 148 cm³/mol. The second-order valence-electron chi connectivity index (χ2n) is 10.1. The second kappa shape index (κ2) is 14.1. The molecule has 0 saturated heterocycles. The molecule has 0 aliphatic heterocycles. The molecule has 208 valence electrons. The third-order valence-electron chi connectivity index (χ3n) is 6.36. The minimum atomic E-state index is -1.08. The Morgan fingerprint density at radius 2 is 1.87 bits per heavy atom. The van der Waals surface area contributed by atoms with Crippen LogP contribution >= 0.6 is 27.7 Å². The molecule has 1 N–H and O–H groups in total. The average molecular weight is 611 g/mol. The van der Waals surface area contributed by atoms with E-state index in [0.717, 1.165) is 36.0 Å². The van der Waals surface area contributed by atoms with Gasteiger partial charge in [-0.2, -0.15) is 0 Å². The van der Waals surface area contributed by atoms with Crippen LogP contribution in [0.2, 0.25) is 0 Å². The fraction of sp³-hybridized carbons (Fsp3) is 0.577. The molecule has 2 aromatic rings. The van der Waals surface area contributed by atoms with Gasteiger partial charge in [0.05, 0.1) is 0 Å². The molecule has 1 aliphatic rings. The lowest BCUT2D eigenvalue weighted by Gasteiger charge is -2.47. The van der Waals surface area contributed by atoms with Crippen molar-refractivity contribution in [2.75, 3.05) is 26.4 Å². The van der Waals surface area contributed by atoms with Crippen LogP contribution in [-0.2, 0) is 4.79 Å². The molecular weight excluding hydrogens is 574 g/mol. The van der Waals surface area contributed by atoms with Gasteiger partial charge < -0.3 is 19.0 Å². The third-order valence-corrected chi connectivity index (χ3v) is 7.69. The number of nitrogens with zero attached hydrogens (tertiary/aromatic N) is 4. The molecule has 1 atom stereocenters. The van der Waals surface area contributed by atoms with Crippen LogP contribution in [0.15, 0.2) is 38.4 Å². The van der Waals surface area contributed by atoms with Gasteiger partial charge in [-0.15, -0.1) is 10.2 Å². The molecule has 38 heavy (non-hydrogen) atoms.